The van der Waals surface area contributed by atoms with Crippen molar-refractivity contribution in [3.05, 3.63) is 94.0 Å². The van der Waals surface area contributed by atoms with E-state index in [1.54, 1.807) is 49.4 Å². The molecule has 184 valence electrons. The van der Waals surface area contributed by atoms with Gasteiger partial charge in [-0.2, -0.15) is 0 Å². The Morgan fingerprint density at radius 1 is 0.917 bits per heavy atom. The summed E-state index contributed by atoms with van der Waals surface area (Å²) in [6.45, 7) is 5.41. The van der Waals surface area contributed by atoms with Gasteiger partial charge in [-0.05, 0) is 67.8 Å². The summed E-state index contributed by atoms with van der Waals surface area (Å²) in [5, 5.41) is 2.75. The van der Waals surface area contributed by atoms with Gasteiger partial charge in [0.05, 0.1) is 24.3 Å². The van der Waals surface area contributed by atoms with Crippen molar-refractivity contribution in [2.24, 2.45) is 0 Å². The molecule has 0 fully saturated rings. The molecule has 0 spiro atoms. The average Bonchev–Trinajstić information content (AvgIpc) is 3.11. The molecular weight excluding hydrogens is 460 g/mol. The van der Waals surface area contributed by atoms with E-state index in [-0.39, 0.29) is 17.9 Å². The number of fused-ring (bicyclic) bond motifs is 1. The van der Waals surface area contributed by atoms with E-state index in [0.29, 0.717) is 29.0 Å². The molecule has 3 amide bonds. The van der Waals surface area contributed by atoms with Crippen molar-refractivity contribution in [1.29, 1.82) is 0 Å². The highest BCUT2D eigenvalue weighted by Gasteiger charge is 2.35. The van der Waals surface area contributed by atoms with Crippen LogP contribution < -0.4 is 10.1 Å². The van der Waals surface area contributed by atoms with Gasteiger partial charge in [-0.25, -0.2) is 4.79 Å². The van der Waals surface area contributed by atoms with Gasteiger partial charge in [-0.3, -0.25) is 19.3 Å². The van der Waals surface area contributed by atoms with Crippen LogP contribution in [-0.4, -0.2) is 41.8 Å². The Morgan fingerprint density at radius 3 is 2.28 bits per heavy atom. The smallest absolute Gasteiger partial charge is 0.342 e. The minimum atomic E-state index is -0.751. The van der Waals surface area contributed by atoms with E-state index < -0.39 is 30.3 Å². The molecule has 0 radical (unpaired) electrons. The first-order valence-electron chi connectivity index (χ1n) is 11.5. The number of imide groups is 1. The first-order valence-corrected chi connectivity index (χ1v) is 11.5. The highest BCUT2D eigenvalue weighted by atomic mass is 16.5. The van der Waals surface area contributed by atoms with Crippen molar-refractivity contribution in [2.45, 2.75) is 27.3 Å². The Balaban J connectivity index is 1.47. The van der Waals surface area contributed by atoms with E-state index in [1.807, 2.05) is 26.0 Å². The molecule has 0 unspecified atom stereocenters. The highest BCUT2D eigenvalue weighted by Crippen LogP contribution is 2.27. The number of benzene rings is 3. The Kier molecular flexibility index (Phi) is 7.15. The van der Waals surface area contributed by atoms with Gasteiger partial charge in [0.25, 0.3) is 17.7 Å². The molecule has 0 bridgehead atoms. The fraction of sp³-hybridized carbons (Fsp3) is 0.214. The SMILES string of the molecule is CCOc1ccc(CN2C(=O)c3ccccc3C2=O)cc1C(=O)OCC(=O)Nc1cccc(C)c1C. The van der Waals surface area contributed by atoms with E-state index in [4.69, 9.17) is 9.47 Å². The number of ether oxygens (including phenoxy) is 2. The molecule has 0 saturated heterocycles. The van der Waals surface area contributed by atoms with E-state index in [1.165, 1.54) is 6.07 Å². The lowest BCUT2D eigenvalue weighted by molar-refractivity contribution is -0.119. The van der Waals surface area contributed by atoms with Crippen LogP contribution in [0, 0.1) is 13.8 Å². The van der Waals surface area contributed by atoms with Gasteiger partial charge in [-0.15, -0.1) is 0 Å². The summed E-state index contributed by atoms with van der Waals surface area (Å²) in [5.41, 5.74) is 3.95. The molecule has 8 heteroatoms. The van der Waals surface area contributed by atoms with Gasteiger partial charge in [0.2, 0.25) is 0 Å². The third-order valence-electron chi connectivity index (χ3n) is 6.00. The van der Waals surface area contributed by atoms with Crippen LogP contribution in [0.2, 0.25) is 0 Å². The van der Waals surface area contributed by atoms with Crippen molar-refractivity contribution < 1.29 is 28.7 Å². The number of nitrogens with one attached hydrogen (secondary N) is 1. The van der Waals surface area contributed by atoms with Gasteiger partial charge in [0, 0.05) is 5.69 Å². The number of carbonyl (C=O) groups is 4. The van der Waals surface area contributed by atoms with E-state index in [9.17, 15) is 19.2 Å². The number of amides is 3. The standard InChI is InChI=1S/C28H26N2O6/c1-4-35-24-13-12-19(15-30-26(32)20-9-5-6-10-21(20)27(30)33)14-22(24)28(34)36-16-25(31)29-23-11-7-8-17(2)18(23)3/h5-14H,4,15-16H2,1-3H3,(H,29,31). The third kappa shape index (κ3) is 4.98. The molecule has 0 saturated carbocycles. The number of hydrogen-bond donors (Lipinski definition) is 1. The lowest BCUT2D eigenvalue weighted by Crippen LogP contribution is -2.29. The topological polar surface area (TPSA) is 102 Å². The minimum Gasteiger partial charge on any atom is -0.493 e. The van der Waals surface area contributed by atoms with Crippen LogP contribution in [0.4, 0.5) is 5.69 Å². The molecular formula is C28H26N2O6. The Labute approximate surface area is 208 Å². The minimum absolute atomic E-state index is 0.0217. The zero-order valence-electron chi connectivity index (χ0n) is 20.3. The fourth-order valence-electron chi connectivity index (χ4n) is 3.96. The normalized spacial score (nSPS) is 12.4. The molecule has 3 aromatic rings. The Bertz CT molecular complexity index is 1330. The van der Waals surface area contributed by atoms with Gasteiger partial charge in [-0.1, -0.05) is 30.3 Å². The quantitative estimate of drug-likeness (QED) is 0.376. The predicted molar refractivity (Wildman–Crippen MR) is 133 cm³/mol. The van der Waals surface area contributed by atoms with Crippen molar-refractivity contribution >= 4 is 29.4 Å². The zero-order chi connectivity index (χ0) is 25.8. The summed E-state index contributed by atoms with van der Waals surface area (Å²) in [5.74, 6) is -1.73. The van der Waals surface area contributed by atoms with Crippen LogP contribution in [0.3, 0.4) is 0 Å². The third-order valence-corrected chi connectivity index (χ3v) is 6.00. The molecule has 0 atom stereocenters. The van der Waals surface area contributed by atoms with Crippen LogP contribution in [-0.2, 0) is 16.1 Å². The summed E-state index contributed by atoms with van der Waals surface area (Å²) in [7, 11) is 0. The lowest BCUT2D eigenvalue weighted by Gasteiger charge is -2.16. The number of esters is 1. The van der Waals surface area contributed by atoms with Crippen molar-refractivity contribution in [2.75, 3.05) is 18.5 Å². The molecule has 3 aromatic carbocycles. The maximum Gasteiger partial charge on any atom is 0.342 e. The molecule has 36 heavy (non-hydrogen) atoms. The highest BCUT2D eigenvalue weighted by molar-refractivity contribution is 6.21. The lowest BCUT2D eigenvalue weighted by atomic mass is 10.1. The largest absolute Gasteiger partial charge is 0.493 e. The molecule has 1 heterocycles. The number of rotatable bonds is 8. The van der Waals surface area contributed by atoms with Crippen molar-refractivity contribution in [3.63, 3.8) is 0 Å². The molecule has 1 aliphatic rings. The first kappa shape index (κ1) is 24.7. The van der Waals surface area contributed by atoms with E-state index >= 15 is 0 Å². The molecule has 1 N–H and O–H groups in total. The fourth-order valence-corrected chi connectivity index (χ4v) is 3.96. The molecule has 8 nitrogen and oxygen atoms in total. The van der Waals surface area contributed by atoms with E-state index in [0.717, 1.165) is 16.0 Å². The number of aryl methyl sites for hydroxylation is 1. The summed E-state index contributed by atoms with van der Waals surface area (Å²) in [6.07, 6.45) is 0. The van der Waals surface area contributed by atoms with Crippen LogP contribution in [0.1, 0.15) is 54.7 Å². The van der Waals surface area contributed by atoms with Gasteiger partial charge in [0.15, 0.2) is 6.61 Å². The number of anilines is 1. The maximum absolute atomic E-state index is 12.9. The Morgan fingerprint density at radius 2 is 1.61 bits per heavy atom. The second-order valence-electron chi connectivity index (χ2n) is 8.38. The average molecular weight is 487 g/mol. The Hall–Kier alpha value is -4.46. The number of carbonyl (C=O) groups excluding carboxylic acids is 4. The van der Waals surface area contributed by atoms with Crippen LogP contribution >= 0.6 is 0 Å². The van der Waals surface area contributed by atoms with Gasteiger partial charge >= 0.3 is 5.97 Å². The van der Waals surface area contributed by atoms with Crippen LogP contribution in [0.5, 0.6) is 5.75 Å². The van der Waals surface area contributed by atoms with Gasteiger partial charge in [0.1, 0.15) is 11.3 Å². The molecule has 1 aliphatic heterocycles. The predicted octanol–water partition coefficient (Wildman–Crippen LogP) is 4.29. The van der Waals surface area contributed by atoms with Crippen LogP contribution in [0.15, 0.2) is 60.7 Å². The monoisotopic (exact) mass is 486 g/mol. The van der Waals surface area contributed by atoms with Crippen LogP contribution in [0.25, 0.3) is 0 Å². The molecule has 0 aromatic heterocycles. The number of hydrogen-bond acceptors (Lipinski definition) is 6. The van der Waals surface area contributed by atoms with E-state index in [2.05, 4.69) is 5.32 Å². The summed E-state index contributed by atoms with van der Waals surface area (Å²) in [6, 6.07) is 17.0. The number of nitrogens with zero attached hydrogens (tertiary/aromatic N) is 1. The second-order valence-corrected chi connectivity index (χ2v) is 8.38. The maximum atomic E-state index is 12.9. The summed E-state index contributed by atoms with van der Waals surface area (Å²) < 4.78 is 10.8. The van der Waals surface area contributed by atoms with Gasteiger partial charge < -0.3 is 14.8 Å². The molecule has 4 rings (SSSR count). The van der Waals surface area contributed by atoms with Crippen molar-refractivity contribution in [1.82, 2.24) is 4.90 Å². The zero-order valence-corrected chi connectivity index (χ0v) is 20.3. The first-order chi connectivity index (χ1) is 17.3. The summed E-state index contributed by atoms with van der Waals surface area (Å²) in [4.78, 5) is 51.8. The summed E-state index contributed by atoms with van der Waals surface area (Å²) >= 11 is 0. The van der Waals surface area contributed by atoms with Crippen molar-refractivity contribution in [3.8, 4) is 5.75 Å². The second kappa shape index (κ2) is 10.4. The molecule has 0 aliphatic carbocycles.